The Morgan fingerprint density at radius 3 is 2.31 bits per heavy atom. The fourth-order valence-electron chi connectivity index (χ4n) is 2.48. The van der Waals surface area contributed by atoms with E-state index in [1.54, 1.807) is 20.8 Å². The third-order valence-electron chi connectivity index (χ3n) is 3.69. The minimum atomic E-state index is -0.675. The Bertz CT molecular complexity index is 608. The van der Waals surface area contributed by atoms with Gasteiger partial charge in [-0.15, -0.1) is 10.2 Å². The molecule has 0 bridgehead atoms. The maximum absolute atomic E-state index is 12.5. The van der Waals surface area contributed by atoms with E-state index in [1.165, 1.54) is 11.3 Å². The summed E-state index contributed by atoms with van der Waals surface area (Å²) in [7, 11) is 0. The zero-order valence-corrected chi connectivity index (χ0v) is 17.7. The normalized spacial score (nSPS) is 13.2. The summed E-state index contributed by atoms with van der Waals surface area (Å²) in [4.78, 5) is 24.5. The first-order chi connectivity index (χ1) is 12.0. The second-order valence-electron chi connectivity index (χ2n) is 8.02. The van der Waals surface area contributed by atoms with Crippen molar-refractivity contribution in [3.8, 4) is 0 Å². The van der Waals surface area contributed by atoms with Crippen LogP contribution in [0.5, 0.6) is 0 Å². The van der Waals surface area contributed by atoms with Crippen LogP contribution in [0.3, 0.4) is 0 Å². The number of nitrogens with zero attached hydrogens (tertiary/aromatic N) is 2. The highest BCUT2D eigenvalue weighted by molar-refractivity contribution is 7.15. The first-order valence-corrected chi connectivity index (χ1v) is 9.94. The number of carbonyl (C=O) groups is 2. The van der Waals surface area contributed by atoms with Crippen LogP contribution in [-0.2, 0) is 14.9 Å². The number of hydrogen-bond acceptors (Lipinski definition) is 6. The Hall–Kier alpha value is -1.70. The fraction of sp³-hybridized carbons (Fsp3) is 0.778. The predicted octanol–water partition coefficient (Wildman–Crippen LogP) is 4.25. The highest BCUT2D eigenvalue weighted by Crippen LogP contribution is 2.32. The largest absolute Gasteiger partial charge is 0.444 e. The Balaban J connectivity index is 2.76. The van der Waals surface area contributed by atoms with Crippen molar-refractivity contribution in [2.75, 3.05) is 5.32 Å². The molecule has 0 spiro atoms. The lowest BCUT2D eigenvalue weighted by molar-refractivity contribution is -0.118. The molecule has 1 unspecified atom stereocenters. The van der Waals surface area contributed by atoms with E-state index in [4.69, 9.17) is 4.74 Å². The van der Waals surface area contributed by atoms with Crippen molar-refractivity contribution in [2.45, 2.75) is 91.2 Å². The van der Waals surface area contributed by atoms with Crippen LogP contribution < -0.4 is 10.6 Å². The van der Waals surface area contributed by atoms with Gasteiger partial charge in [0.25, 0.3) is 0 Å². The maximum atomic E-state index is 12.5. The van der Waals surface area contributed by atoms with Gasteiger partial charge in [0.1, 0.15) is 16.7 Å². The van der Waals surface area contributed by atoms with Gasteiger partial charge in [-0.1, -0.05) is 51.9 Å². The molecule has 2 N–H and O–H groups in total. The molecule has 1 aromatic heterocycles. The number of alkyl carbamates (subject to hydrolysis) is 1. The van der Waals surface area contributed by atoms with Gasteiger partial charge >= 0.3 is 6.09 Å². The molecule has 8 heteroatoms. The predicted molar refractivity (Wildman–Crippen MR) is 105 cm³/mol. The molecule has 0 aliphatic heterocycles. The van der Waals surface area contributed by atoms with Crippen LogP contribution in [0.1, 0.15) is 79.2 Å². The molecule has 1 heterocycles. The lowest BCUT2D eigenvalue weighted by Gasteiger charge is -2.22. The quantitative estimate of drug-likeness (QED) is 0.699. The van der Waals surface area contributed by atoms with Crippen LogP contribution in [0.25, 0.3) is 0 Å². The number of amides is 2. The number of nitrogens with one attached hydrogen (secondary N) is 2. The SMILES string of the molecule is CCCC(NC(=O)OC(C)(C)C)C(=O)Nc1nnc(C(C)(C)CCC)s1. The molecule has 0 radical (unpaired) electrons. The smallest absolute Gasteiger partial charge is 0.408 e. The van der Waals surface area contributed by atoms with Gasteiger partial charge in [0.15, 0.2) is 0 Å². The lowest BCUT2D eigenvalue weighted by atomic mass is 9.89. The van der Waals surface area contributed by atoms with E-state index in [-0.39, 0.29) is 11.3 Å². The third-order valence-corrected chi connectivity index (χ3v) is 4.90. The van der Waals surface area contributed by atoms with Crippen molar-refractivity contribution in [1.29, 1.82) is 0 Å². The van der Waals surface area contributed by atoms with E-state index in [0.29, 0.717) is 11.6 Å². The van der Waals surface area contributed by atoms with Gasteiger partial charge < -0.3 is 10.1 Å². The molecule has 26 heavy (non-hydrogen) atoms. The van der Waals surface area contributed by atoms with Crippen LogP contribution in [0.15, 0.2) is 0 Å². The van der Waals surface area contributed by atoms with Crippen LogP contribution in [0, 0.1) is 0 Å². The van der Waals surface area contributed by atoms with Crippen LogP contribution in [0.2, 0.25) is 0 Å². The Morgan fingerprint density at radius 1 is 1.12 bits per heavy atom. The van der Waals surface area contributed by atoms with Crippen molar-refractivity contribution in [2.24, 2.45) is 0 Å². The second-order valence-corrected chi connectivity index (χ2v) is 9.00. The first-order valence-electron chi connectivity index (χ1n) is 9.13. The lowest BCUT2D eigenvalue weighted by Crippen LogP contribution is -2.45. The first kappa shape index (κ1) is 22.3. The summed E-state index contributed by atoms with van der Waals surface area (Å²) in [6.45, 7) is 13.7. The molecule has 1 atom stereocenters. The van der Waals surface area contributed by atoms with E-state index in [2.05, 4.69) is 41.6 Å². The van der Waals surface area contributed by atoms with E-state index in [0.717, 1.165) is 24.3 Å². The van der Waals surface area contributed by atoms with Crippen molar-refractivity contribution in [1.82, 2.24) is 15.5 Å². The van der Waals surface area contributed by atoms with Gasteiger partial charge in [0, 0.05) is 5.41 Å². The standard InChI is InChI=1S/C18H32N4O3S/c1-8-10-12(19-16(24)25-17(3,4)5)13(23)20-15-22-21-14(26-15)18(6,7)11-9-2/h12H,8-11H2,1-7H3,(H,19,24)(H,20,22,23). The summed E-state index contributed by atoms with van der Waals surface area (Å²) >= 11 is 1.37. The molecule has 0 aliphatic carbocycles. The number of ether oxygens (including phenoxy) is 1. The number of carbonyl (C=O) groups excluding carboxylic acids is 2. The Morgan fingerprint density at radius 2 is 1.77 bits per heavy atom. The number of aromatic nitrogens is 2. The van der Waals surface area contributed by atoms with Crippen molar-refractivity contribution >= 4 is 28.5 Å². The molecule has 1 aromatic rings. The van der Waals surface area contributed by atoms with E-state index < -0.39 is 17.7 Å². The third kappa shape index (κ3) is 7.27. The molecule has 2 amide bonds. The van der Waals surface area contributed by atoms with Crippen molar-refractivity contribution < 1.29 is 14.3 Å². The fourth-order valence-corrected chi connectivity index (χ4v) is 3.36. The van der Waals surface area contributed by atoms with E-state index >= 15 is 0 Å². The molecule has 0 aliphatic rings. The minimum absolute atomic E-state index is 0.0764. The average molecular weight is 385 g/mol. The Labute approximate surface area is 160 Å². The molecule has 0 saturated heterocycles. The molecule has 148 valence electrons. The number of rotatable bonds is 8. The van der Waals surface area contributed by atoms with Crippen molar-refractivity contribution in [3.05, 3.63) is 5.01 Å². The van der Waals surface area contributed by atoms with Gasteiger partial charge in [-0.25, -0.2) is 4.79 Å². The summed E-state index contributed by atoms with van der Waals surface area (Å²) in [5, 5.41) is 15.0. The van der Waals surface area contributed by atoms with Gasteiger partial charge in [0.2, 0.25) is 11.0 Å². The van der Waals surface area contributed by atoms with Crippen LogP contribution in [-0.4, -0.2) is 33.8 Å². The highest BCUT2D eigenvalue weighted by atomic mass is 32.1. The zero-order valence-electron chi connectivity index (χ0n) is 16.9. The molecular formula is C18H32N4O3S. The summed E-state index contributed by atoms with van der Waals surface area (Å²) in [6, 6.07) is -0.675. The van der Waals surface area contributed by atoms with Crippen LogP contribution >= 0.6 is 11.3 Å². The number of hydrogen-bond donors (Lipinski definition) is 2. The molecule has 0 aromatic carbocycles. The number of anilines is 1. The van der Waals surface area contributed by atoms with Crippen molar-refractivity contribution in [3.63, 3.8) is 0 Å². The summed E-state index contributed by atoms with van der Waals surface area (Å²) < 4.78 is 5.24. The van der Waals surface area contributed by atoms with Gasteiger partial charge in [-0.3, -0.25) is 10.1 Å². The molecule has 1 rings (SSSR count). The molecular weight excluding hydrogens is 352 g/mol. The molecule has 0 saturated carbocycles. The Kier molecular flexibility index (Phi) is 7.99. The summed E-state index contributed by atoms with van der Waals surface area (Å²) in [5.41, 5.74) is -0.691. The minimum Gasteiger partial charge on any atom is -0.444 e. The van der Waals surface area contributed by atoms with E-state index in [1.807, 2.05) is 6.92 Å². The maximum Gasteiger partial charge on any atom is 0.408 e. The monoisotopic (exact) mass is 384 g/mol. The molecule has 0 fully saturated rings. The zero-order chi connectivity index (χ0) is 20.0. The second kappa shape index (κ2) is 9.30. The van der Waals surface area contributed by atoms with Gasteiger partial charge in [0.05, 0.1) is 0 Å². The highest BCUT2D eigenvalue weighted by Gasteiger charge is 2.27. The summed E-state index contributed by atoms with van der Waals surface area (Å²) in [5.74, 6) is -0.311. The molecule has 7 nitrogen and oxygen atoms in total. The van der Waals surface area contributed by atoms with Gasteiger partial charge in [-0.2, -0.15) is 0 Å². The van der Waals surface area contributed by atoms with E-state index in [9.17, 15) is 9.59 Å². The summed E-state index contributed by atoms with van der Waals surface area (Å²) in [6.07, 6.45) is 2.70. The van der Waals surface area contributed by atoms with Gasteiger partial charge in [-0.05, 0) is 33.6 Å². The topological polar surface area (TPSA) is 93.2 Å². The van der Waals surface area contributed by atoms with Crippen LogP contribution in [0.4, 0.5) is 9.93 Å². The average Bonchev–Trinajstić information content (AvgIpc) is 2.94.